The average Bonchev–Trinajstić information content (AvgIpc) is 2.59. The smallest absolute Gasteiger partial charge is 0.271 e. The van der Waals surface area contributed by atoms with Crippen molar-refractivity contribution < 1.29 is 9.66 Å². The van der Waals surface area contributed by atoms with Crippen LogP contribution in [0.15, 0.2) is 4.79 Å². The van der Waals surface area contributed by atoms with Gasteiger partial charge in [0.15, 0.2) is 0 Å². The second-order valence-corrected chi connectivity index (χ2v) is 6.78. The van der Waals surface area contributed by atoms with E-state index in [9.17, 15) is 14.9 Å². The van der Waals surface area contributed by atoms with Gasteiger partial charge in [-0.3, -0.25) is 20.0 Å². The van der Waals surface area contributed by atoms with Crippen molar-refractivity contribution in [1.82, 2.24) is 9.78 Å². The molecular weight excluding hydrogens is 274 g/mol. The molecule has 1 aromatic rings. The van der Waals surface area contributed by atoms with Gasteiger partial charge in [0.2, 0.25) is 6.04 Å². The zero-order valence-corrected chi connectivity index (χ0v) is 13.2. The van der Waals surface area contributed by atoms with Crippen LogP contribution in [0.3, 0.4) is 0 Å². The zero-order valence-electron chi connectivity index (χ0n) is 13.2. The maximum atomic E-state index is 12.8. The normalized spacial score (nSPS) is 19.1. The van der Waals surface area contributed by atoms with Crippen LogP contribution >= 0.6 is 0 Å². The Labute approximate surface area is 123 Å². The summed E-state index contributed by atoms with van der Waals surface area (Å²) in [4.78, 5) is 23.9. The predicted octanol–water partition coefficient (Wildman–Crippen LogP) is 1.56. The molecule has 7 heteroatoms. The molecule has 21 heavy (non-hydrogen) atoms. The lowest BCUT2D eigenvalue weighted by Crippen LogP contribution is -2.60. The topological polar surface area (TPSA) is 90.2 Å². The third kappa shape index (κ3) is 2.29. The molecule has 2 heterocycles. The highest BCUT2D eigenvalue weighted by atomic mass is 16.6. The van der Waals surface area contributed by atoms with Crippen molar-refractivity contribution in [1.29, 1.82) is 0 Å². The number of rotatable bonds is 4. The minimum atomic E-state index is -0.813. The molecule has 1 atom stereocenters. The highest BCUT2D eigenvalue weighted by Gasteiger charge is 2.56. The van der Waals surface area contributed by atoms with E-state index in [0.29, 0.717) is 17.7 Å². The molecule has 0 radical (unpaired) electrons. The monoisotopic (exact) mass is 297 g/mol. The van der Waals surface area contributed by atoms with Crippen LogP contribution in [0.4, 0.5) is 0 Å². The molecule has 1 N–H and O–H groups in total. The van der Waals surface area contributed by atoms with Gasteiger partial charge in [-0.05, 0) is 27.7 Å². The van der Waals surface area contributed by atoms with Crippen LogP contribution in [0.1, 0.15) is 45.4 Å². The highest BCUT2D eigenvalue weighted by Crippen LogP contribution is 2.38. The first-order valence-corrected chi connectivity index (χ1v) is 7.19. The molecule has 0 saturated carbocycles. The van der Waals surface area contributed by atoms with Crippen LogP contribution in [0.25, 0.3) is 0 Å². The van der Waals surface area contributed by atoms with E-state index in [1.807, 2.05) is 20.8 Å². The Morgan fingerprint density at radius 2 is 2.05 bits per heavy atom. The van der Waals surface area contributed by atoms with Crippen molar-refractivity contribution in [2.75, 3.05) is 13.2 Å². The fourth-order valence-corrected chi connectivity index (χ4v) is 3.17. The third-order valence-corrected chi connectivity index (χ3v) is 4.24. The van der Waals surface area contributed by atoms with Gasteiger partial charge in [-0.25, -0.2) is 4.68 Å². The Kier molecular flexibility index (Phi) is 3.73. The summed E-state index contributed by atoms with van der Waals surface area (Å²) in [7, 11) is 0. The predicted molar refractivity (Wildman–Crippen MR) is 78.4 cm³/mol. The molecule has 1 aliphatic rings. The number of nitro groups is 1. The first-order chi connectivity index (χ1) is 9.65. The van der Waals surface area contributed by atoms with Gasteiger partial charge in [-0.15, -0.1) is 0 Å². The first kappa shape index (κ1) is 15.8. The van der Waals surface area contributed by atoms with Crippen molar-refractivity contribution >= 4 is 0 Å². The minimum absolute atomic E-state index is 0.177. The lowest BCUT2D eigenvalue weighted by atomic mass is 9.71. The molecule has 0 bridgehead atoms. The number of hydrogen-bond donors (Lipinski definition) is 1. The fraction of sp³-hybridized carbons (Fsp3) is 0.786. The largest absolute Gasteiger partial charge is 0.379 e. The molecule has 1 aromatic heterocycles. The summed E-state index contributed by atoms with van der Waals surface area (Å²) < 4.78 is 6.81. The van der Waals surface area contributed by atoms with Crippen LogP contribution in [0.5, 0.6) is 0 Å². The fourth-order valence-electron chi connectivity index (χ4n) is 3.17. The second-order valence-electron chi connectivity index (χ2n) is 6.78. The van der Waals surface area contributed by atoms with E-state index in [1.165, 1.54) is 0 Å². The van der Waals surface area contributed by atoms with Gasteiger partial charge >= 0.3 is 0 Å². The zero-order chi connectivity index (χ0) is 16.0. The van der Waals surface area contributed by atoms with Crippen molar-refractivity contribution in [2.24, 2.45) is 0 Å². The molecule has 0 aromatic carbocycles. The lowest BCUT2D eigenvalue weighted by molar-refractivity contribution is -0.543. The molecule has 0 spiro atoms. The van der Waals surface area contributed by atoms with Crippen molar-refractivity contribution in [3.8, 4) is 0 Å². The molecule has 1 saturated heterocycles. The van der Waals surface area contributed by atoms with Gasteiger partial charge in [-0.1, -0.05) is 6.92 Å². The number of H-pyrrole nitrogens is 1. The van der Waals surface area contributed by atoms with Crippen molar-refractivity contribution in [3.63, 3.8) is 0 Å². The molecule has 118 valence electrons. The highest BCUT2D eigenvalue weighted by molar-refractivity contribution is 5.32. The van der Waals surface area contributed by atoms with E-state index in [2.05, 4.69) is 5.10 Å². The Morgan fingerprint density at radius 3 is 2.33 bits per heavy atom. The molecule has 1 aliphatic heterocycles. The molecule has 2 rings (SSSR count). The van der Waals surface area contributed by atoms with Crippen LogP contribution in [-0.2, 0) is 15.7 Å². The summed E-state index contributed by atoms with van der Waals surface area (Å²) in [5.41, 5.74) is -0.191. The van der Waals surface area contributed by atoms with Gasteiger partial charge in [0.1, 0.15) is 5.41 Å². The Morgan fingerprint density at radius 1 is 1.48 bits per heavy atom. The van der Waals surface area contributed by atoms with E-state index in [-0.39, 0.29) is 23.7 Å². The Balaban J connectivity index is 2.62. The van der Waals surface area contributed by atoms with Gasteiger partial charge in [0.05, 0.1) is 24.3 Å². The number of hydrogen-bond acceptors (Lipinski definition) is 4. The van der Waals surface area contributed by atoms with Crippen LogP contribution in [0, 0.1) is 17.0 Å². The summed E-state index contributed by atoms with van der Waals surface area (Å²) in [6, 6.07) is -0.804. The summed E-state index contributed by atoms with van der Waals surface area (Å²) in [6.07, 6.45) is 0.371. The van der Waals surface area contributed by atoms with Crippen molar-refractivity contribution in [2.45, 2.75) is 58.0 Å². The number of aromatic nitrogens is 2. The molecule has 7 nitrogen and oxygen atoms in total. The number of nitrogens with one attached hydrogen (secondary N) is 1. The third-order valence-electron chi connectivity index (χ3n) is 4.24. The van der Waals surface area contributed by atoms with Gasteiger partial charge in [0.25, 0.3) is 5.56 Å². The van der Waals surface area contributed by atoms with E-state index in [4.69, 9.17) is 4.74 Å². The van der Waals surface area contributed by atoms with Gasteiger partial charge < -0.3 is 4.74 Å². The summed E-state index contributed by atoms with van der Waals surface area (Å²) in [5.74, 6) is 0. The SMILES string of the molecule is CC[C@H]([N+](=O)[O-])C1(c2c(C)[nH]n(C(C)(C)C)c2=O)COC1. The Hall–Kier alpha value is -1.63. The van der Waals surface area contributed by atoms with Crippen LogP contribution in [-0.4, -0.2) is 34.0 Å². The minimum Gasteiger partial charge on any atom is -0.379 e. The molecule has 0 amide bonds. The van der Waals surface area contributed by atoms with Gasteiger partial charge in [-0.2, -0.15) is 0 Å². The number of aryl methyl sites for hydroxylation is 1. The van der Waals surface area contributed by atoms with Crippen LogP contribution in [0.2, 0.25) is 0 Å². The lowest BCUT2D eigenvalue weighted by Gasteiger charge is -2.41. The summed E-state index contributed by atoms with van der Waals surface area (Å²) in [6.45, 7) is 9.78. The number of ether oxygens (including phenoxy) is 1. The standard InChI is InChI=1S/C14H23N3O4/c1-6-10(17(19)20)14(7-21-8-14)11-9(2)15-16(12(11)18)13(3,4)5/h10,15H,6-8H2,1-5H3/t10-/m0/s1. The number of nitrogens with zero attached hydrogens (tertiary/aromatic N) is 2. The number of aromatic amines is 1. The summed E-state index contributed by atoms with van der Waals surface area (Å²) in [5, 5.41) is 14.5. The van der Waals surface area contributed by atoms with Gasteiger partial charge in [0, 0.05) is 17.0 Å². The Bertz CT molecular complexity index is 605. The molecule has 0 aliphatic carbocycles. The van der Waals surface area contributed by atoms with E-state index < -0.39 is 17.0 Å². The quantitative estimate of drug-likeness (QED) is 0.674. The van der Waals surface area contributed by atoms with Crippen molar-refractivity contribution in [3.05, 3.63) is 31.7 Å². The molecular formula is C14H23N3O4. The summed E-state index contributed by atoms with van der Waals surface area (Å²) >= 11 is 0. The van der Waals surface area contributed by atoms with E-state index in [1.54, 1.807) is 18.5 Å². The molecule has 1 fully saturated rings. The maximum absolute atomic E-state index is 12.8. The first-order valence-electron chi connectivity index (χ1n) is 7.19. The molecule has 0 unspecified atom stereocenters. The second kappa shape index (κ2) is 4.98. The van der Waals surface area contributed by atoms with E-state index in [0.717, 1.165) is 0 Å². The van der Waals surface area contributed by atoms with E-state index >= 15 is 0 Å². The van der Waals surface area contributed by atoms with Crippen LogP contribution < -0.4 is 5.56 Å². The average molecular weight is 297 g/mol. The maximum Gasteiger partial charge on any atom is 0.271 e.